The van der Waals surface area contributed by atoms with E-state index in [4.69, 9.17) is 10.5 Å². The van der Waals surface area contributed by atoms with Crippen molar-refractivity contribution in [2.24, 2.45) is 11.7 Å². The molecule has 0 atom stereocenters. The lowest BCUT2D eigenvalue weighted by atomic mass is 9.85. The second-order valence-electron chi connectivity index (χ2n) is 5.46. The number of hydrogen-bond acceptors (Lipinski definition) is 5. The van der Waals surface area contributed by atoms with Crippen LogP contribution < -0.4 is 15.8 Å². The van der Waals surface area contributed by atoms with Crippen LogP contribution in [0.4, 0.5) is 0 Å². The Morgan fingerprint density at radius 2 is 2.29 bits per heavy atom. The van der Waals surface area contributed by atoms with Gasteiger partial charge < -0.3 is 15.8 Å². The highest BCUT2D eigenvalue weighted by molar-refractivity contribution is 7.15. The molecule has 0 radical (unpaired) electrons. The largest absolute Gasteiger partial charge is 0.480 e. The van der Waals surface area contributed by atoms with E-state index in [-0.39, 0.29) is 11.8 Å². The van der Waals surface area contributed by atoms with Crippen LogP contribution >= 0.6 is 11.3 Å². The molecule has 0 aliphatic heterocycles. The van der Waals surface area contributed by atoms with E-state index in [1.165, 1.54) is 0 Å². The fourth-order valence-electron chi connectivity index (χ4n) is 2.96. The molecule has 0 spiro atoms. The van der Waals surface area contributed by atoms with Crippen LogP contribution in [0.5, 0.6) is 5.88 Å². The van der Waals surface area contributed by atoms with Gasteiger partial charge in [-0.25, -0.2) is 0 Å². The van der Waals surface area contributed by atoms with Gasteiger partial charge in [0, 0.05) is 30.1 Å². The summed E-state index contributed by atoms with van der Waals surface area (Å²) in [6.07, 6.45) is 5.74. The molecule has 0 unspecified atom stereocenters. The summed E-state index contributed by atoms with van der Waals surface area (Å²) in [4.78, 5) is 16.6. The van der Waals surface area contributed by atoms with Crippen molar-refractivity contribution in [2.75, 3.05) is 7.11 Å². The predicted octanol–water partition coefficient (Wildman–Crippen LogP) is 1.54. The molecule has 0 saturated heterocycles. The first kappa shape index (κ1) is 14.3. The fraction of sp³-hybridized carbons (Fsp3) is 0.571. The Balaban J connectivity index is 1.62. The van der Waals surface area contributed by atoms with Gasteiger partial charge in [0.2, 0.25) is 11.8 Å². The Labute approximate surface area is 127 Å². The molecule has 1 aliphatic carbocycles. The van der Waals surface area contributed by atoms with Crippen LogP contribution in [-0.2, 0) is 11.3 Å². The highest BCUT2D eigenvalue weighted by Gasteiger charge is 2.25. The maximum absolute atomic E-state index is 11.2. The van der Waals surface area contributed by atoms with Gasteiger partial charge in [-0.1, -0.05) is 0 Å². The number of ether oxygens (including phenoxy) is 1. The molecule has 7 heteroatoms. The normalized spacial score (nSPS) is 22.5. The van der Waals surface area contributed by atoms with E-state index in [0.29, 0.717) is 18.5 Å². The SMILES string of the molecule is COc1nc2sccn2c1CNC1CCC(C(N)=O)CC1. The highest BCUT2D eigenvalue weighted by atomic mass is 32.1. The molecule has 6 nitrogen and oxygen atoms in total. The summed E-state index contributed by atoms with van der Waals surface area (Å²) in [5.41, 5.74) is 6.41. The summed E-state index contributed by atoms with van der Waals surface area (Å²) < 4.78 is 7.41. The lowest BCUT2D eigenvalue weighted by Gasteiger charge is -2.27. The average Bonchev–Trinajstić information content (AvgIpc) is 3.06. The van der Waals surface area contributed by atoms with Gasteiger partial charge in [-0.3, -0.25) is 9.20 Å². The van der Waals surface area contributed by atoms with E-state index < -0.39 is 0 Å². The molecule has 21 heavy (non-hydrogen) atoms. The number of aromatic nitrogens is 2. The zero-order chi connectivity index (χ0) is 14.8. The molecule has 0 aromatic carbocycles. The number of thiazole rings is 1. The monoisotopic (exact) mass is 308 g/mol. The maximum atomic E-state index is 11.2. The molecular formula is C14H20N4O2S. The predicted molar refractivity (Wildman–Crippen MR) is 81.4 cm³/mol. The number of primary amides is 1. The lowest BCUT2D eigenvalue weighted by Crippen LogP contribution is -2.36. The number of rotatable bonds is 5. The number of imidazole rings is 1. The Kier molecular flexibility index (Phi) is 4.12. The number of nitrogens with zero attached hydrogens (tertiary/aromatic N) is 2. The smallest absolute Gasteiger partial charge is 0.237 e. The highest BCUT2D eigenvalue weighted by Crippen LogP contribution is 2.26. The van der Waals surface area contributed by atoms with Gasteiger partial charge in [-0.05, 0) is 25.7 Å². The van der Waals surface area contributed by atoms with E-state index in [9.17, 15) is 4.79 Å². The summed E-state index contributed by atoms with van der Waals surface area (Å²) in [7, 11) is 1.65. The van der Waals surface area contributed by atoms with Gasteiger partial charge in [-0.2, -0.15) is 4.98 Å². The van der Waals surface area contributed by atoms with Crippen molar-refractivity contribution in [1.29, 1.82) is 0 Å². The van der Waals surface area contributed by atoms with Gasteiger partial charge in [0.05, 0.1) is 7.11 Å². The van der Waals surface area contributed by atoms with Gasteiger partial charge in [0.1, 0.15) is 5.69 Å². The molecule has 3 rings (SSSR count). The zero-order valence-corrected chi connectivity index (χ0v) is 12.9. The van der Waals surface area contributed by atoms with Gasteiger partial charge in [-0.15, -0.1) is 11.3 Å². The minimum Gasteiger partial charge on any atom is -0.480 e. The van der Waals surface area contributed by atoms with Crippen molar-refractivity contribution in [3.63, 3.8) is 0 Å². The molecule has 1 saturated carbocycles. The molecule has 2 aromatic heterocycles. The first-order valence-corrected chi connectivity index (χ1v) is 8.08. The minimum absolute atomic E-state index is 0.0520. The maximum Gasteiger partial charge on any atom is 0.237 e. The van der Waals surface area contributed by atoms with Crippen molar-refractivity contribution < 1.29 is 9.53 Å². The van der Waals surface area contributed by atoms with E-state index in [1.54, 1.807) is 18.4 Å². The first-order chi connectivity index (χ1) is 10.2. The molecule has 1 aliphatic rings. The van der Waals surface area contributed by atoms with Crippen molar-refractivity contribution >= 4 is 22.2 Å². The molecule has 0 bridgehead atoms. The number of nitrogens with one attached hydrogen (secondary N) is 1. The second kappa shape index (κ2) is 6.03. The summed E-state index contributed by atoms with van der Waals surface area (Å²) in [6.45, 7) is 0.715. The first-order valence-electron chi connectivity index (χ1n) is 7.20. The average molecular weight is 308 g/mol. The van der Waals surface area contributed by atoms with E-state index >= 15 is 0 Å². The Morgan fingerprint density at radius 3 is 2.95 bits per heavy atom. The van der Waals surface area contributed by atoms with E-state index in [0.717, 1.165) is 36.3 Å². The van der Waals surface area contributed by atoms with Crippen LogP contribution in [0.25, 0.3) is 4.96 Å². The van der Waals surface area contributed by atoms with Crippen molar-refractivity contribution in [3.8, 4) is 5.88 Å². The van der Waals surface area contributed by atoms with Crippen molar-refractivity contribution in [2.45, 2.75) is 38.3 Å². The van der Waals surface area contributed by atoms with E-state index in [2.05, 4.69) is 14.7 Å². The van der Waals surface area contributed by atoms with Crippen molar-refractivity contribution in [1.82, 2.24) is 14.7 Å². The number of methoxy groups -OCH3 is 1. The lowest BCUT2D eigenvalue weighted by molar-refractivity contribution is -0.122. The molecule has 1 amide bonds. The van der Waals surface area contributed by atoms with Gasteiger partial charge in [0.25, 0.3) is 0 Å². The molecule has 1 fully saturated rings. The van der Waals surface area contributed by atoms with Crippen LogP contribution in [0.3, 0.4) is 0 Å². The molecule has 114 valence electrons. The van der Waals surface area contributed by atoms with Crippen LogP contribution in [0.15, 0.2) is 11.6 Å². The minimum atomic E-state index is -0.161. The van der Waals surface area contributed by atoms with Crippen LogP contribution in [0.1, 0.15) is 31.4 Å². The topological polar surface area (TPSA) is 81.7 Å². The number of carbonyl (C=O) groups excluding carboxylic acids is 1. The number of carbonyl (C=O) groups is 1. The quantitative estimate of drug-likeness (QED) is 0.878. The fourth-order valence-corrected chi connectivity index (χ4v) is 3.68. The Hall–Kier alpha value is -1.60. The standard InChI is InChI=1S/C14H20N4O2S/c1-20-13-11(18-6-7-21-14(18)17-13)8-16-10-4-2-9(3-5-10)12(15)19/h6-7,9-10,16H,2-5,8H2,1H3,(H2,15,19). The second-order valence-corrected chi connectivity index (χ2v) is 6.33. The van der Waals surface area contributed by atoms with Gasteiger partial charge >= 0.3 is 0 Å². The number of hydrogen-bond donors (Lipinski definition) is 2. The van der Waals surface area contributed by atoms with Gasteiger partial charge in [0.15, 0.2) is 4.96 Å². The third kappa shape index (κ3) is 2.89. The molecule has 2 aromatic rings. The molecular weight excluding hydrogens is 288 g/mol. The summed E-state index contributed by atoms with van der Waals surface area (Å²) in [5, 5.41) is 5.57. The van der Waals surface area contributed by atoms with Crippen LogP contribution in [0, 0.1) is 5.92 Å². The number of nitrogens with two attached hydrogens (primary N) is 1. The molecule has 2 heterocycles. The zero-order valence-electron chi connectivity index (χ0n) is 12.0. The summed E-state index contributed by atoms with van der Waals surface area (Å²) >= 11 is 1.60. The third-order valence-electron chi connectivity index (χ3n) is 4.21. The Bertz CT molecular complexity index is 628. The summed E-state index contributed by atoms with van der Waals surface area (Å²) in [5.74, 6) is 0.571. The third-order valence-corrected chi connectivity index (χ3v) is 4.96. The van der Waals surface area contributed by atoms with Crippen LogP contribution in [0.2, 0.25) is 0 Å². The number of fused-ring (bicyclic) bond motifs is 1. The van der Waals surface area contributed by atoms with Crippen LogP contribution in [-0.4, -0.2) is 28.4 Å². The van der Waals surface area contributed by atoms with Crippen molar-refractivity contribution in [3.05, 3.63) is 17.3 Å². The summed E-state index contributed by atoms with van der Waals surface area (Å²) in [6, 6.07) is 0.425. The molecule has 3 N–H and O–H groups in total. The number of amides is 1. The Morgan fingerprint density at radius 1 is 1.52 bits per heavy atom. The van der Waals surface area contributed by atoms with E-state index in [1.807, 2.05) is 11.6 Å².